The quantitative estimate of drug-likeness (QED) is 0.820. The highest BCUT2D eigenvalue weighted by molar-refractivity contribution is 5.90. The van der Waals surface area contributed by atoms with E-state index in [2.05, 4.69) is 35.5 Å². The number of aryl methyl sites for hydroxylation is 2. The first-order valence-electron chi connectivity index (χ1n) is 9.67. The second-order valence-corrected chi connectivity index (χ2v) is 7.41. The van der Waals surface area contributed by atoms with E-state index in [0.29, 0.717) is 13.0 Å². The van der Waals surface area contributed by atoms with Gasteiger partial charge >= 0.3 is 0 Å². The summed E-state index contributed by atoms with van der Waals surface area (Å²) in [6.07, 6.45) is 0.330. The molecule has 1 fully saturated rings. The Morgan fingerprint density at radius 1 is 1.11 bits per heavy atom. The van der Waals surface area contributed by atoms with Crippen LogP contribution in [-0.2, 0) is 4.79 Å². The van der Waals surface area contributed by atoms with Crippen molar-refractivity contribution >= 4 is 17.3 Å². The Morgan fingerprint density at radius 3 is 2.52 bits per heavy atom. The summed E-state index contributed by atoms with van der Waals surface area (Å²) in [4.78, 5) is 16.2. The number of anilines is 2. The topological polar surface area (TPSA) is 46.0 Å². The molecule has 27 heavy (non-hydrogen) atoms. The number of rotatable bonds is 6. The van der Waals surface area contributed by atoms with E-state index in [1.165, 1.54) is 18.8 Å². The SMILES string of the molecule is Cc1ccc(C)c(OCCC(=O)Nc2ccc(N3CC[NH+](C)CC3)cc2)c1. The maximum Gasteiger partial charge on any atom is 0.227 e. The fraction of sp³-hybridized carbons (Fsp3) is 0.409. The number of hydrogen-bond acceptors (Lipinski definition) is 3. The highest BCUT2D eigenvalue weighted by atomic mass is 16.5. The minimum atomic E-state index is -0.0312. The predicted octanol–water partition coefficient (Wildman–Crippen LogP) is 2.05. The molecule has 0 atom stereocenters. The molecule has 5 nitrogen and oxygen atoms in total. The summed E-state index contributed by atoms with van der Waals surface area (Å²) in [5.41, 5.74) is 4.29. The summed E-state index contributed by atoms with van der Waals surface area (Å²) in [6, 6.07) is 14.2. The second kappa shape index (κ2) is 8.91. The van der Waals surface area contributed by atoms with Gasteiger partial charge in [-0.05, 0) is 55.3 Å². The molecule has 3 rings (SSSR count). The van der Waals surface area contributed by atoms with Gasteiger partial charge < -0.3 is 19.9 Å². The maximum atomic E-state index is 12.2. The number of piperazine rings is 1. The van der Waals surface area contributed by atoms with Gasteiger partial charge in [0.25, 0.3) is 0 Å². The highest BCUT2D eigenvalue weighted by Gasteiger charge is 2.16. The molecule has 0 unspecified atom stereocenters. The summed E-state index contributed by atoms with van der Waals surface area (Å²) >= 11 is 0. The van der Waals surface area contributed by atoms with Crippen LogP contribution in [0.4, 0.5) is 11.4 Å². The first kappa shape index (κ1) is 19.2. The molecular formula is C22H30N3O2+. The summed E-state index contributed by atoms with van der Waals surface area (Å²) in [6.45, 7) is 8.90. The fourth-order valence-corrected chi connectivity index (χ4v) is 3.24. The molecule has 2 aromatic carbocycles. The van der Waals surface area contributed by atoms with Gasteiger partial charge in [-0.25, -0.2) is 0 Å². The number of ether oxygens (including phenoxy) is 1. The number of carbonyl (C=O) groups is 1. The second-order valence-electron chi connectivity index (χ2n) is 7.41. The number of likely N-dealkylation sites (N-methyl/N-ethyl adjacent to an activating group) is 1. The first-order valence-corrected chi connectivity index (χ1v) is 9.67. The molecule has 1 amide bonds. The Morgan fingerprint density at radius 2 is 1.81 bits per heavy atom. The first-order chi connectivity index (χ1) is 13.0. The maximum absolute atomic E-state index is 12.2. The summed E-state index contributed by atoms with van der Waals surface area (Å²) in [7, 11) is 2.24. The molecule has 1 aliphatic rings. The van der Waals surface area contributed by atoms with Crippen LogP contribution in [0, 0.1) is 13.8 Å². The lowest BCUT2D eigenvalue weighted by molar-refractivity contribution is -0.880. The Hall–Kier alpha value is -2.53. The van der Waals surface area contributed by atoms with E-state index in [9.17, 15) is 4.79 Å². The lowest BCUT2D eigenvalue weighted by atomic mass is 10.1. The van der Waals surface area contributed by atoms with Crippen LogP contribution in [0.5, 0.6) is 5.75 Å². The van der Waals surface area contributed by atoms with Crippen LogP contribution < -0.4 is 19.9 Å². The van der Waals surface area contributed by atoms with Gasteiger partial charge in [0.15, 0.2) is 0 Å². The lowest BCUT2D eigenvalue weighted by Gasteiger charge is -2.31. The number of quaternary nitrogens is 1. The molecule has 1 heterocycles. The molecule has 0 aliphatic carbocycles. The van der Waals surface area contributed by atoms with Crippen molar-refractivity contribution in [3.05, 3.63) is 53.6 Å². The van der Waals surface area contributed by atoms with Crippen molar-refractivity contribution in [1.82, 2.24) is 0 Å². The molecule has 1 saturated heterocycles. The average molecular weight is 369 g/mol. The molecule has 5 heteroatoms. The van der Waals surface area contributed by atoms with Crippen molar-refractivity contribution in [1.29, 1.82) is 0 Å². The minimum Gasteiger partial charge on any atom is -0.493 e. The summed E-state index contributed by atoms with van der Waals surface area (Å²) < 4.78 is 5.76. The molecule has 0 radical (unpaired) electrons. The van der Waals surface area contributed by atoms with Crippen LogP contribution >= 0.6 is 0 Å². The van der Waals surface area contributed by atoms with Crippen molar-refractivity contribution in [3.8, 4) is 5.75 Å². The van der Waals surface area contributed by atoms with E-state index in [0.717, 1.165) is 35.7 Å². The zero-order chi connectivity index (χ0) is 19.2. The Kier molecular flexibility index (Phi) is 6.35. The lowest BCUT2D eigenvalue weighted by Crippen LogP contribution is -3.12. The van der Waals surface area contributed by atoms with Gasteiger partial charge in [0.1, 0.15) is 5.75 Å². The highest BCUT2D eigenvalue weighted by Crippen LogP contribution is 2.20. The van der Waals surface area contributed by atoms with E-state index >= 15 is 0 Å². The standard InChI is InChI=1S/C22H29N3O2/c1-17-4-5-18(2)21(16-17)27-15-10-22(26)23-19-6-8-20(9-7-19)25-13-11-24(3)12-14-25/h4-9,16H,10-15H2,1-3H3,(H,23,26)/p+1. The van der Waals surface area contributed by atoms with Gasteiger partial charge in [-0.3, -0.25) is 4.79 Å². The molecule has 0 spiro atoms. The number of nitrogens with one attached hydrogen (secondary N) is 2. The van der Waals surface area contributed by atoms with E-state index in [1.54, 1.807) is 4.90 Å². The zero-order valence-corrected chi connectivity index (χ0v) is 16.5. The predicted molar refractivity (Wildman–Crippen MR) is 110 cm³/mol. The van der Waals surface area contributed by atoms with E-state index in [1.807, 2.05) is 38.1 Å². The average Bonchev–Trinajstić information content (AvgIpc) is 2.66. The number of nitrogens with zero attached hydrogens (tertiary/aromatic N) is 1. The van der Waals surface area contributed by atoms with E-state index < -0.39 is 0 Å². The zero-order valence-electron chi connectivity index (χ0n) is 16.5. The van der Waals surface area contributed by atoms with Crippen molar-refractivity contribution in [2.45, 2.75) is 20.3 Å². The molecule has 0 bridgehead atoms. The smallest absolute Gasteiger partial charge is 0.227 e. The number of carbonyl (C=O) groups excluding carboxylic acids is 1. The molecular weight excluding hydrogens is 338 g/mol. The number of hydrogen-bond donors (Lipinski definition) is 2. The summed E-state index contributed by atoms with van der Waals surface area (Å²) in [5, 5.41) is 2.95. The molecule has 0 saturated carbocycles. The van der Waals surface area contributed by atoms with Gasteiger partial charge in [0.05, 0.1) is 46.3 Å². The Balaban J connectivity index is 1.46. The number of benzene rings is 2. The van der Waals surface area contributed by atoms with Crippen molar-refractivity contribution in [2.75, 3.05) is 50.1 Å². The van der Waals surface area contributed by atoms with Gasteiger partial charge in [0, 0.05) is 11.4 Å². The normalized spacial score (nSPS) is 14.9. The van der Waals surface area contributed by atoms with Crippen molar-refractivity contribution < 1.29 is 14.4 Å². The van der Waals surface area contributed by atoms with Crippen LogP contribution in [0.1, 0.15) is 17.5 Å². The molecule has 0 aromatic heterocycles. The van der Waals surface area contributed by atoms with Gasteiger partial charge in [-0.1, -0.05) is 12.1 Å². The molecule has 2 N–H and O–H groups in total. The third-order valence-electron chi connectivity index (χ3n) is 5.06. The Bertz CT molecular complexity index is 766. The van der Waals surface area contributed by atoms with Gasteiger partial charge in [-0.15, -0.1) is 0 Å². The van der Waals surface area contributed by atoms with Crippen molar-refractivity contribution in [2.24, 2.45) is 0 Å². The minimum absolute atomic E-state index is 0.0312. The van der Waals surface area contributed by atoms with Crippen LogP contribution in [0.3, 0.4) is 0 Å². The largest absolute Gasteiger partial charge is 0.493 e. The monoisotopic (exact) mass is 368 g/mol. The van der Waals surface area contributed by atoms with Crippen LogP contribution in [0.25, 0.3) is 0 Å². The van der Waals surface area contributed by atoms with Crippen LogP contribution in [0.15, 0.2) is 42.5 Å². The van der Waals surface area contributed by atoms with E-state index in [4.69, 9.17) is 4.74 Å². The molecule has 2 aromatic rings. The van der Waals surface area contributed by atoms with Crippen molar-refractivity contribution in [3.63, 3.8) is 0 Å². The molecule has 1 aliphatic heterocycles. The third-order valence-corrected chi connectivity index (χ3v) is 5.06. The third kappa shape index (κ3) is 5.47. The van der Waals surface area contributed by atoms with E-state index in [-0.39, 0.29) is 5.91 Å². The molecule has 144 valence electrons. The van der Waals surface area contributed by atoms with Crippen LogP contribution in [-0.4, -0.2) is 45.7 Å². The Labute approximate surface area is 161 Å². The summed E-state index contributed by atoms with van der Waals surface area (Å²) in [5.74, 6) is 0.817. The fourth-order valence-electron chi connectivity index (χ4n) is 3.24. The number of amides is 1. The van der Waals surface area contributed by atoms with Crippen LogP contribution in [0.2, 0.25) is 0 Å². The van der Waals surface area contributed by atoms with Gasteiger partial charge in [0.2, 0.25) is 5.91 Å². The van der Waals surface area contributed by atoms with Gasteiger partial charge in [-0.2, -0.15) is 0 Å².